The molecule has 0 aliphatic carbocycles. The Balaban J connectivity index is 1.32. The fourth-order valence-corrected chi connectivity index (χ4v) is 6.08. The molecule has 2 fully saturated rings. The SMILES string of the molecule is CN(C)CCCN1C(=O)N(CCc2ccccc2)C2(CCN(Cc3cn(C)c4ccccc34)CC2)C1=O. The van der Waals surface area contributed by atoms with E-state index in [-0.39, 0.29) is 11.9 Å². The third kappa shape index (κ3) is 5.03. The van der Waals surface area contributed by atoms with E-state index in [1.807, 2.05) is 37.2 Å². The number of hydrogen-bond donors (Lipinski definition) is 0. The number of aryl methyl sites for hydroxylation is 1. The van der Waals surface area contributed by atoms with E-state index >= 15 is 0 Å². The zero-order chi connectivity index (χ0) is 26.0. The second kappa shape index (κ2) is 10.7. The molecule has 196 valence electrons. The number of urea groups is 1. The molecule has 37 heavy (non-hydrogen) atoms. The first-order valence-corrected chi connectivity index (χ1v) is 13.5. The summed E-state index contributed by atoms with van der Waals surface area (Å²) in [5, 5.41) is 1.29. The van der Waals surface area contributed by atoms with Crippen molar-refractivity contribution in [3.63, 3.8) is 0 Å². The van der Waals surface area contributed by atoms with Crippen LogP contribution in [0.5, 0.6) is 0 Å². The molecule has 0 N–H and O–H groups in total. The second-order valence-corrected chi connectivity index (χ2v) is 10.9. The highest BCUT2D eigenvalue weighted by Gasteiger charge is 2.57. The lowest BCUT2D eigenvalue weighted by Gasteiger charge is -2.42. The maximum atomic E-state index is 13.9. The highest BCUT2D eigenvalue weighted by molar-refractivity contribution is 6.07. The predicted octanol–water partition coefficient (Wildman–Crippen LogP) is 3.97. The first kappa shape index (κ1) is 25.5. The number of fused-ring (bicyclic) bond motifs is 1. The molecular weight excluding hydrogens is 462 g/mol. The van der Waals surface area contributed by atoms with Crippen LogP contribution in [0, 0.1) is 0 Å². The fraction of sp³-hybridized carbons (Fsp3) is 0.467. The molecule has 3 aromatic rings. The smallest absolute Gasteiger partial charge is 0.327 e. The monoisotopic (exact) mass is 501 g/mol. The molecule has 0 saturated carbocycles. The molecule has 3 amide bonds. The number of rotatable bonds is 9. The molecule has 0 unspecified atom stereocenters. The van der Waals surface area contributed by atoms with Gasteiger partial charge in [0.1, 0.15) is 5.54 Å². The topological polar surface area (TPSA) is 52.0 Å². The molecule has 2 aliphatic rings. The molecule has 1 spiro atoms. The van der Waals surface area contributed by atoms with Crippen molar-refractivity contribution >= 4 is 22.8 Å². The van der Waals surface area contributed by atoms with Crippen molar-refractivity contribution in [2.45, 2.75) is 37.8 Å². The van der Waals surface area contributed by atoms with Crippen LogP contribution in [0.2, 0.25) is 0 Å². The standard InChI is InChI=1S/C30H39N5O2/c1-31(2)17-9-18-34-28(36)30(35(29(34)37)19-14-24-10-5-4-6-11-24)15-20-33(21-16-30)23-25-22-32(3)27-13-8-7-12-26(25)27/h4-8,10-13,22H,9,14-21,23H2,1-3H3. The lowest BCUT2D eigenvalue weighted by Crippen LogP contribution is -2.56. The number of carbonyl (C=O) groups excluding carboxylic acids is 2. The maximum absolute atomic E-state index is 13.9. The minimum atomic E-state index is -0.723. The van der Waals surface area contributed by atoms with Gasteiger partial charge in [-0.3, -0.25) is 14.6 Å². The molecule has 5 rings (SSSR count). The van der Waals surface area contributed by atoms with Gasteiger partial charge in [-0.2, -0.15) is 0 Å². The Kier molecular flexibility index (Phi) is 7.36. The van der Waals surface area contributed by atoms with Crippen LogP contribution in [-0.2, 0) is 24.8 Å². The number of benzene rings is 2. The first-order valence-electron chi connectivity index (χ1n) is 13.5. The number of carbonyl (C=O) groups is 2. The quantitative estimate of drug-likeness (QED) is 0.417. The highest BCUT2D eigenvalue weighted by atomic mass is 16.2. The van der Waals surface area contributed by atoms with Gasteiger partial charge in [0.15, 0.2) is 0 Å². The van der Waals surface area contributed by atoms with Gasteiger partial charge >= 0.3 is 6.03 Å². The number of amides is 3. The van der Waals surface area contributed by atoms with Gasteiger partial charge in [-0.15, -0.1) is 0 Å². The second-order valence-electron chi connectivity index (χ2n) is 10.9. The molecule has 0 bridgehead atoms. The third-order valence-corrected chi connectivity index (χ3v) is 8.13. The largest absolute Gasteiger partial charge is 0.350 e. The van der Waals surface area contributed by atoms with Crippen LogP contribution in [0.3, 0.4) is 0 Å². The number of piperidine rings is 1. The van der Waals surface area contributed by atoms with E-state index in [1.165, 1.54) is 26.9 Å². The van der Waals surface area contributed by atoms with E-state index in [2.05, 4.69) is 64.0 Å². The number of nitrogens with zero attached hydrogens (tertiary/aromatic N) is 5. The summed E-state index contributed by atoms with van der Waals surface area (Å²) in [4.78, 5) is 35.5. The summed E-state index contributed by atoms with van der Waals surface area (Å²) in [7, 11) is 6.13. The highest BCUT2D eigenvalue weighted by Crippen LogP contribution is 2.38. The van der Waals surface area contributed by atoms with Crippen molar-refractivity contribution in [1.82, 2.24) is 24.2 Å². The summed E-state index contributed by atoms with van der Waals surface area (Å²) in [6.07, 6.45) is 5.13. The number of likely N-dealkylation sites (tertiary alicyclic amines) is 1. The first-order chi connectivity index (χ1) is 17.9. The summed E-state index contributed by atoms with van der Waals surface area (Å²) >= 11 is 0. The molecule has 1 aromatic heterocycles. The Morgan fingerprint density at radius 3 is 2.35 bits per heavy atom. The normalized spacial score (nSPS) is 18.2. The average molecular weight is 502 g/mol. The Labute approximate surface area is 220 Å². The van der Waals surface area contributed by atoms with Gasteiger partial charge in [0, 0.05) is 56.9 Å². The summed E-state index contributed by atoms with van der Waals surface area (Å²) in [6.45, 7) is 4.37. The predicted molar refractivity (Wildman–Crippen MR) is 147 cm³/mol. The molecule has 7 heteroatoms. The zero-order valence-electron chi connectivity index (χ0n) is 22.4. The van der Waals surface area contributed by atoms with Crippen molar-refractivity contribution in [3.05, 3.63) is 71.9 Å². The minimum absolute atomic E-state index is 0.00845. The summed E-state index contributed by atoms with van der Waals surface area (Å²) < 4.78 is 2.19. The summed E-state index contributed by atoms with van der Waals surface area (Å²) in [5.41, 5.74) is 3.02. The number of hydrogen-bond acceptors (Lipinski definition) is 4. The van der Waals surface area contributed by atoms with Gasteiger partial charge in [0.2, 0.25) is 0 Å². The lowest BCUT2D eigenvalue weighted by atomic mass is 9.85. The van der Waals surface area contributed by atoms with Crippen LogP contribution in [0.1, 0.15) is 30.4 Å². The molecule has 2 aromatic carbocycles. The van der Waals surface area contributed by atoms with Crippen molar-refractivity contribution in [2.75, 3.05) is 46.8 Å². The Morgan fingerprint density at radius 1 is 0.919 bits per heavy atom. The van der Waals surface area contributed by atoms with Crippen molar-refractivity contribution in [2.24, 2.45) is 7.05 Å². The molecular formula is C30H39N5O2. The number of aromatic nitrogens is 1. The van der Waals surface area contributed by atoms with Gasteiger partial charge in [-0.05, 0) is 63.5 Å². The average Bonchev–Trinajstić information content (AvgIpc) is 3.31. The maximum Gasteiger partial charge on any atom is 0.327 e. The Morgan fingerprint density at radius 2 is 1.62 bits per heavy atom. The van der Waals surface area contributed by atoms with Crippen molar-refractivity contribution in [3.8, 4) is 0 Å². The lowest BCUT2D eigenvalue weighted by molar-refractivity contribution is -0.135. The molecule has 2 aliphatic heterocycles. The fourth-order valence-electron chi connectivity index (χ4n) is 6.08. The molecule has 0 radical (unpaired) electrons. The van der Waals surface area contributed by atoms with E-state index in [0.29, 0.717) is 25.9 Å². The minimum Gasteiger partial charge on any atom is -0.350 e. The van der Waals surface area contributed by atoms with E-state index in [9.17, 15) is 9.59 Å². The molecule has 0 atom stereocenters. The van der Waals surface area contributed by atoms with Gasteiger partial charge in [0.25, 0.3) is 5.91 Å². The Bertz CT molecular complexity index is 1240. The van der Waals surface area contributed by atoms with E-state index < -0.39 is 5.54 Å². The van der Waals surface area contributed by atoms with Crippen LogP contribution in [-0.4, -0.2) is 88.5 Å². The number of para-hydroxylation sites is 1. The van der Waals surface area contributed by atoms with Crippen LogP contribution in [0.4, 0.5) is 4.79 Å². The zero-order valence-corrected chi connectivity index (χ0v) is 22.4. The Hall–Kier alpha value is -3.16. The third-order valence-electron chi connectivity index (χ3n) is 8.13. The van der Waals surface area contributed by atoms with Gasteiger partial charge < -0.3 is 14.4 Å². The van der Waals surface area contributed by atoms with E-state index in [4.69, 9.17) is 0 Å². The van der Waals surface area contributed by atoms with Crippen LogP contribution < -0.4 is 0 Å². The van der Waals surface area contributed by atoms with Gasteiger partial charge in [-0.1, -0.05) is 48.5 Å². The van der Waals surface area contributed by atoms with Crippen LogP contribution in [0.25, 0.3) is 10.9 Å². The van der Waals surface area contributed by atoms with Crippen LogP contribution >= 0.6 is 0 Å². The summed E-state index contributed by atoms with van der Waals surface area (Å²) in [6, 6.07) is 18.7. The van der Waals surface area contributed by atoms with Gasteiger partial charge in [0.05, 0.1) is 0 Å². The van der Waals surface area contributed by atoms with Crippen LogP contribution in [0.15, 0.2) is 60.8 Å². The molecule has 7 nitrogen and oxygen atoms in total. The summed E-state index contributed by atoms with van der Waals surface area (Å²) in [5.74, 6) is 0.00845. The number of imide groups is 1. The van der Waals surface area contributed by atoms with Crippen molar-refractivity contribution in [1.29, 1.82) is 0 Å². The molecule has 2 saturated heterocycles. The van der Waals surface area contributed by atoms with Crippen molar-refractivity contribution < 1.29 is 9.59 Å². The van der Waals surface area contributed by atoms with Gasteiger partial charge in [-0.25, -0.2) is 4.79 Å². The van der Waals surface area contributed by atoms with E-state index in [0.717, 1.165) is 39.0 Å². The molecule has 3 heterocycles. The van der Waals surface area contributed by atoms with E-state index in [1.54, 1.807) is 0 Å².